The van der Waals surface area contributed by atoms with E-state index in [1.807, 2.05) is 31.5 Å². The van der Waals surface area contributed by atoms with Crippen LogP contribution in [-0.4, -0.2) is 40.6 Å². The number of hydrogen-bond donors (Lipinski definition) is 1. The van der Waals surface area contributed by atoms with Crippen molar-refractivity contribution >= 4 is 5.97 Å². The third-order valence-corrected chi connectivity index (χ3v) is 4.41. The molecule has 0 saturated carbocycles. The Bertz CT molecular complexity index is 411. The molecule has 2 rings (SSSR count). The van der Waals surface area contributed by atoms with Gasteiger partial charge in [-0.05, 0) is 56.5 Å². The number of nitrogens with zero attached hydrogens (tertiary/aromatic N) is 2. The van der Waals surface area contributed by atoms with Gasteiger partial charge in [-0.25, -0.2) is 0 Å². The molecule has 0 aromatic carbocycles. The highest BCUT2D eigenvalue weighted by atomic mass is 16.4. The second-order valence-electron chi connectivity index (χ2n) is 5.39. The van der Waals surface area contributed by atoms with Gasteiger partial charge in [0, 0.05) is 18.9 Å². The van der Waals surface area contributed by atoms with Gasteiger partial charge in [0.25, 0.3) is 0 Å². The summed E-state index contributed by atoms with van der Waals surface area (Å²) in [4.78, 5) is 17.8. The van der Waals surface area contributed by atoms with Crippen LogP contribution in [0.1, 0.15) is 31.7 Å². The molecule has 2 heterocycles. The number of carbonyl (C=O) groups is 1. The van der Waals surface area contributed by atoms with E-state index in [9.17, 15) is 9.90 Å². The Balaban J connectivity index is 1.82. The summed E-state index contributed by atoms with van der Waals surface area (Å²) in [5.74, 6) is -0.621. The van der Waals surface area contributed by atoms with Gasteiger partial charge in [0.1, 0.15) is 0 Å². The van der Waals surface area contributed by atoms with Gasteiger partial charge < -0.3 is 10.0 Å². The number of likely N-dealkylation sites (tertiary alicyclic amines) is 1. The molecular weight excluding hydrogens is 240 g/mol. The van der Waals surface area contributed by atoms with Crippen molar-refractivity contribution in [1.82, 2.24) is 9.88 Å². The molecule has 1 saturated heterocycles. The number of carboxylic acid groups (broad SMARTS) is 1. The quantitative estimate of drug-likeness (QED) is 0.884. The fraction of sp³-hybridized carbons (Fsp3) is 0.600. The maximum absolute atomic E-state index is 11.4. The first kappa shape index (κ1) is 14.0. The molecule has 1 fully saturated rings. The topological polar surface area (TPSA) is 53.4 Å². The first-order valence-corrected chi connectivity index (χ1v) is 7.01. The average molecular weight is 262 g/mol. The molecule has 104 valence electrons. The van der Waals surface area contributed by atoms with Crippen LogP contribution in [0.5, 0.6) is 0 Å². The second-order valence-corrected chi connectivity index (χ2v) is 5.39. The molecule has 19 heavy (non-hydrogen) atoms. The van der Waals surface area contributed by atoms with Crippen molar-refractivity contribution in [1.29, 1.82) is 0 Å². The Hall–Kier alpha value is -1.42. The lowest BCUT2D eigenvalue weighted by Gasteiger charge is -2.38. The van der Waals surface area contributed by atoms with Gasteiger partial charge in [-0.1, -0.05) is 6.92 Å². The summed E-state index contributed by atoms with van der Waals surface area (Å²) in [6.45, 7) is 4.78. The molecule has 1 aliphatic rings. The second kappa shape index (κ2) is 6.15. The van der Waals surface area contributed by atoms with Crippen LogP contribution in [0.25, 0.3) is 0 Å². The zero-order chi connectivity index (χ0) is 13.7. The molecule has 0 spiro atoms. The first-order valence-electron chi connectivity index (χ1n) is 7.01. The standard InChI is InChI=1S/C15H22N2O2/c1-2-15(14(18)19)6-11-17(12-7-15)10-5-13-3-8-16-9-4-13/h3-4,8-9H,2,5-7,10-12H2,1H3,(H,18,19). The SMILES string of the molecule is CCC1(C(=O)O)CCN(CCc2ccncc2)CC1. The predicted octanol–water partition coefficient (Wildman–Crippen LogP) is 2.20. The molecule has 0 aliphatic carbocycles. The Kier molecular flexibility index (Phi) is 4.53. The number of piperidine rings is 1. The monoisotopic (exact) mass is 262 g/mol. The van der Waals surface area contributed by atoms with E-state index in [1.165, 1.54) is 5.56 Å². The van der Waals surface area contributed by atoms with E-state index >= 15 is 0 Å². The van der Waals surface area contributed by atoms with Crippen molar-refractivity contribution in [3.8, 4) is 0 Å². The van der Waals surface area contributed by atoms with Crippen molar-refractivity contribution in [3.05, 3.63) is 30.1 Å². The molecule has 1 aromatic heterocycles. The third kappa shape index (κ3) is 3.32. The maximum Gasteiger partial charge on any atom is 0.309 e. The number of aromatic nitrogens is 1. The largest absolute Gasteiger partial charge is 0.481 e. The highest BCUT2D eigenvalue weighted by Crippen LogP contribution is 2.35. The van der Waals surface area contributed by atoms with E-state index in [1.54, 1.807) is 0 Å². The van der Waals surface area contributed by atoms with Crippen LogP contribution in [-0.2, 0) is 11.2 Å². The lowest BCUT2D eigenvalue weighted by molar-refractivity contribution is -0.152. The van der Waals surface area contributed by atoms with Crippen LogP contribution >= 0.6 is 0 Å². The average Bonchev–Trinajstić information content (AvgIpc) is 2.46. The van der Waals surface area contributed by atoms with E-state index in [-0.39, 0.29) is 0 Å². The lowest BCUT2D eigenvalue weighted by Crippen LogP contribution is -2.44. The highest BCUT2D eigenvalue weighted by molar-refractivity contribution is 5.74. The van der Waals surface area contributed by atoms with Gasteiger partial charge in [0.05, 0.1) is 5.41 Å². The minimum atomic E-state index is -0.621. The zero-order valence-corrected chi connectivity index (χ0v) is 11.5. The predicted molar refractivity (Wildman–Crippen MR) is 74.0 cm³/mol. The Labute approximate surface area is 114 Å². The molecule has 0 atom stereocenters. The summed E-state index contributed by atoms with van der Waals surface area (Å²) in [5.41, 5.74) is 0.813. The van der Waals surface area contributed by atoms with Gasteiger partial charge in [0.2, 0.25) is 0 Å². The first-order chi connectivity index (χ1) is 9.16. The molecule has 0 unspecified atom stereocenters. The third-order valence-electron chi connectivity index (χ3n) is 4.41. The maximum atomic E-state index is 11.4. The van der Waals surface area contributed by atoms with Gasteiger partial charge in [-0.2, -0.15) is 0 Å². The zero-order valence-electron chi connectivity index (χ0n) is 11.5. The van der Waals surface area contributed by atoms with Crippen LogP contribution in [0, 0.1) is 5.41 Å². The summed E-state index contributed by atoms with van der Waals surface area (Å²) in [6.07, 6.45) is 6.93. The number of carboxylic acids is 1. The molecule has 4 heteroatoms. The van der Waals surface area contributed by atoms with Crippen molar-refractivity contribution in [2.45, 2.75) is 32.6 Å². The summed E-state index contributed by atoms with van der Waals surface area (Å²) < 4.78 is 0. The van der Waals surface area contributed by atoms with Crippen LogP contribution in [0.15, 0.2) is 24.5 Å². The molecule has 0 amide bonds. The van der Waals surface area contributed by atoms with E-state index in [2.05, 4.69) is 9.88 Å². The molecular formula is C15H22N2O2. The van der Waals surface area contributed by atoms with E-state index in [4.69, 9.17) is 0 Å². The summed E-state index contributed by atoms with van der Waals surface area (Å²) >= 11 is 0. The number of hydrogen-bond acceptors (Lipinski definition) is 3. The molecule has 1 N–H and O–H groups in total. The molecule has 1 aliphatic heterocycles. The van der Waals surface area contributed by atoms with Crippen molar-refractivity contribution in [3.63, 3.8) is 0 Å². The van der Waals surface area contributed by atoms with Crippen LogP contribution in [0.3, 0.4) is 0 Å². The smallest absolute Gasteiger partial charge is 0.309 e. The fourth-order valence-corrected chi connectivity index (χ4v) is 2.76. The van der Waals surface area contributed by atoms with Crippen LogP contribution < -0.4 is 0 Å². The van der Waals surface area contributed by atoms with Crippen molar-refractivity contribution in [2.75, 3.05) is 19.6 Å². The number of rotatable bonds is 5. The summed E-state index contributed by atoms with van der Waals surface area (Å²) in [5, 5.41) is 9.36. The van der Waals surface area contributed by atoms with Gasteiger partial charge in [-0.3, -0.25) is 9.78 Å². The van der Waals surface area contributed by atoms with E-state index < -0.39 is 11.4 Å². The Morgan fingerprint density at radius 2 is 2.00 bits per heavy atom. The lowest BCUT2D eigenvalue weighted by atomic mass is 9.76. The van der Waals surface area contributed by atoms with E-state index in [0.717, 1.165) is 45.3 Å². The van der Waals surface area contributed by atoms with Crippen LogP contribution in [0.4, 0.5) is 0 Å². The molecule has 0 bridgehead atoms. The Morgan fingerprint density at radius 3 is 2.53 bits per heavy atom. The van der Waals surface area contributed by atoms with Crippen molar-refractivity contribution in [2.24, 2.45) is 5.41 Å². The summed E-state index contributed by atoms with van der Waals surface area (Å²) in [7, 11) is 0. The Morgan fingerprint density at radius 1 is 1.37 bits per heavy atom. The molecule has 0 radical (unpaired) electrons. The fourth-order valence-electron chi connectivity index (χ4n) is 2.76. The molecule has 4 nitrogen and oxygen atoms in total. The van der Waals surface area contributed by atoms with Gasteiger partial charge in [-0.15, -0.1) is 0 Å². The number of pyridine rings is 1. The van der Waals surface area contributed by atoms with Gasteiger partial charge >= 0.3 is 5.97 Å². The van der Waals surface area contributed by atoms with Gasteiger partial charge in [0.15, 0.2) is 0 Å². The van der Waals surface area contributed by atoms with E-state index in [0.29, 0.717) is 0 Å². The van der Waals surface area contributed by atoms with Crippen molar-refractivity contribution < 1.29 is 9.90 Å². The normalized spacial score (nSPS) is 19.2. The highest BCUT2D eigenvalue weighted by Gasteiger charge is 2.39. The summed E-state index contributed by atoms with van der Waals surface area (Å²) in [6, 6.07) is 4.08. The number of aliphatic carboxylic acids is 1. The minimum absolute atomic E-state index is 0.479. The van der Waals surface area contributed by atoms with Crippen LogP contribution in [0.2, 0.25) is 0 Å². The molecule has 1 aromatic rings. The minimum Gasteiger partial charge on any atom is -0.481 e.